The van der Waals surface area contributed by atoms with Gasteiger partial charge in [-0.15, -0.1) is 0 Å². The van der Waals surface area contributed by atoms with Crippen LogP contribution in [0.15, 0.2) is 28.7 Å². The van der Waals surface area contributed by atoms with Gasteiger partial charge in [0.1, 0.15) is 5.58 Å². The molecule has 1 radical (unpaired) electrons. The van der Waals surface area contributed by atoms with Gasteiger partial charge < -0.3 is 4.42 Å². The number of rotatable bonds is 1. The number of hydrogen-bond donors (Lipinski definition) is 0. The van der Waals surface area contributed by atoms with Crippen molar-refractivity contribution < 1.29 is 26.4 Å². The third-order valence-electron chi connectivity index (χ3n) is 2.12. The Kier molecular flexibility index (Phi) is 2.18. The fourth-order valence-corrected chi connectivity index (χ4v) is 1.26. The van der Waals surface area contributed by atoms with Crippen LogP contribution in [-0.4, -0.2) is 6.18 Å². The maximum Gasteiger partial charge on any atom is 0.458 e. The second kappa shape index (κ2) is 3.20. The maximum absolute atomic E-state index is 12.9. The number of furan rings is 1. The van der Waals surface area contributed by atoms with E-state index in [9.17, 15) is 22.0 Å². The molecule has 0 saturated heterocycles. The van der Waals surface area contributed by atoms with Crippen LogP contribution in [0, 0.1) is 6.26 Å². The van der Waals surface area contributed by atoms with Gasteiger partial charge in [0.05, 0.1) is 0 Å². The van der Waals surface area contributed by atoms with Crippen LogP contribution in [0.4, 0.5) is 22.0 Å². The van der Waals surface area contributed by atoms with Crippen LogP contribution in [0.1, 0.15) is 5.56 Å². The first-order valence-corrected chi connectivity index (χ1v) is 4.17. The Morgan fingerprint density at radius 1 is 1.06 bits per heavy atom. The summed E-state index contributed by atoms with van der Waals surface area (Å²) in [7, 11) is 0. The second-order valence-electron chi connectivity index (χ2n) is 3.19. The van der Waals surface area contributed by atoms with Crippen LogP contribution in [0.3, 0.4) is 0 Å². The Hall–Kier alpha value is -1.59. The molecule has 0 unspecified atom stereocenters. The maximum atomic E-state index is 12.9. The first kappa shape index (κ1) is 10.9. The van der Waals surface area contributed by atoms with Crippen LogP contribution in [-0.2, 0) is 5.92 Å². The van der Waals surface area contributed by atoms with Crippen LogP contribution < -0.4 is 0 Å². The van der Waals surface area contributed by atoms with Crippen molar-refractivity contribution in [2.24, 2.45) is 0 Å². The van der Waals surface area contributed by atoms with E-state index >= 15 is 0 Å². The van der Waals surface area contributed by atoms with Gasteiger partial charge in [0.25, 0.3) is 0 Å². The smallest absolute Gasteiger partial charge is 0.453 e. The molecule has 1 aromatic heterocycles. The molecule has 0 aliphatic heterocycles. The Morgan fingerprint density at radius 2 is 1.75 bits per heavy atom. The van der Waals surface area contributed by atoms with Crippen molar-refractivity contribution in [3.63, 3.8) is 0 Å². The molecule has 16 heavy (non-hydrogen) atoms. The minimum absolute atomic E-state index is 0.0542. The molecular weight excluding hydrogens is 231 g/mol. The lowest BCUT2D eigenvalue weighted by Crippen LogP contribution is -2.33. The predicted molar refractivity (Wildman–Crippen MR) is 45.0 cm³/mol. The zero-order valence-corrected chi connectivity index (χ0v) is 7.61. The molecule has 0 saturated carbocycles. The summed E-state index contributed by atoms with van der Waals surface area (Å²) < 4.78 is 66.7. The second-order valence-corrected chi connectivity index (χ2v) is 3.19. The highest BCUT2D eigenvalue weighted by Crippen LogP contribution is 2.44. The van der Waals surface area contributed by atoms with Gasteiger partial charge in [-0.25, -0.2) is 0 Å². The molecule has 85 valence electrons. The minimum Gasteiger partial charge on any atom is -0.453 e. The van der Waals surface area contributed by atoms with E-state index < -0.39 is 17.7 Å². The van der Waals surface area contributed by atoms with Crippen molar-refractivity contribution in [1.82, 2.24) is 0 Å². The van der Waals surface area contributed by atoms with Crippen LogP contribution in [0.2, 0.25) is 0 Å². The molecule has 0 aliphatic carbocycles. The minimum atomic E-state index is -5.61. The Balaban J connectivity index is 2.54. The van der Waals surface area contributed by atoms with Gasteiger partial charge in [-0.1, -0.05) is 12.1 Å². The molecule has 0 bridgehead atoms. The van der Waals surface area contributed by atoms with Crippen molar-refractivity contribution in [2.45, 2.75) is 12.1 Å². The van der Waals surface area contributed by atoms with E-state index in [-0.39, 0.29) is 5.58 Å². The summed E-state index contributed by atoms with van der Waals surface area (Å²) in [5.74, 6) is -4.88. The molecule has 6 heteroatoms. The molecule has 0 amide bonds. The van der Waals surface area contributed by atoms with E-state index in [2.05, 4.69) is 10.7 Å². The predicted octanol–water partition coefficient (Wildman–Crippen LogP) is 3.89. The van der Waals surface area contributed by atoms with E-state index in [4.69, 9.17) is 0 Å². The fourth-order valence-electron chi connectivity index (χ4n) is 1.26. The first-order valence-electron chi connectivity index (χ1n) is 4.17. The van der Waals surface area contributed by atoms with Crippen molar-refractivity contribution in [1.29, 1.82) is 0 Å². The zero-order valence-electron chi connectivity index (χ0n) is 7.61. The fraction of sp³-hybridized carbons (Fsp3) is 0.200. The highest BCUT2D eigenvalue weighted by atomic mass is 19.4. The molecule has 1 heterocycles. The summed E-state index contributed by atoms with van der Waals surface area (Å²) in [6.45, 7) is 0. The van der Waals surface area contributed by atoms with Crippen LogP contribution >= 0.6 is 0 Å². The lowest BCUT2D eigenvalue weighted by Gasteiger charge is -2.19. The number of hydrogen-bond acceptors (Lipinski definition) is 1. The summed E-state index contributed by atoms with van der Waals surface area (Å²) in [5.41, 5.74) is -1.20. The van der Waals surface area contributed by atoms with E-state index in [1.807, 2.05) is 0 Å². The molecule has 1 aromatic carbocycles. The topological polar surface area (TPSA) is 13.1 Å². The van der Waals surface area contributed by atoms with Gasteiger partial charge in [-0.3, -0.25) is 0 Å². The van der Waals surface area contributed by atoms with E-state index in [1.54, 1.807) is 0 Å². The van der Waals surface area contributed by atoms with Gasteiger partial charge >= 0.3 is 12.1 Å². The van der Waals surface area contributed by atoms with Crippen molar-refractivity contribution in [3.05, 3.63) is 36.1 Å². The van der Waals surface area contributed by atoms with E-state index in [0.717, 1.165) is 12.1 Å². The van der Waals surface area contributed by atoms with E-state index in [1.165, 1.54) is 6.07 Å². The van der Waals surface area contributed by atoms with Crippen molar-refractivity contribution in [3.8, 4) is 0 Å². The molecule has 2 rings (SSSR count). The normalized spacial score (nSPS) is 13.3. The molecular formula is C10H4F5O. The largest absolute Gasteiger partial charge is 0.458 e. The van der Waals surface area contributed by atoms with Gasteiger partial charge in [-0.05, 0) is 12.1 Å². The highest BCUT2D eigenvalue weighted by molar-refractivity contribution is 5.77. The van der Waals surface area contributed by atoms with E-state index in [0.29, 0.717) is 11.5 Å². The number of fused-ring (bicyclic) bond motifs is 1. The summed E-state index contributed by atoms with van der Waals surface area (Å²) in [6.07, 6.45) is -3.36. The lowest BCUT2D eigenvalue weighted by atomic mass is 10.1. The summed E-state index contributed by atoms with van der Waals surface area (Å²) in [6, 6.07) is 3.87. The van der Waals surface area contributed by atoms with Gasteiger partial charge in [-0.2, -0.15) is 22.0 Å². The van der Waals surface area contributed by atoms with Crippen molar-refractivity contribution >= 4 is 11.0 Å². The Morgan fingerprint density at radius 3 is 2.38 bits per heavy atom. The van der Waals surface area contributed by atoms with Crippen molar-refractivity contribution in [2.75, 3.05) is 0 Å². The average molecular weight is 235 g/mol. The third kappa shape index (κ3) is 1.54. The number of benzene rings is 1. The summed E-state index contributed by atoms with van der Waals surface area (Å²) in [4.78, 5) is 0. The molecule has 0 atom stereocenters. The molecule has 2 aromatic rings. The highest BCUT2D eigenvalue weighted by Gasteiger charge is 2.58. The summed E-state index contributed by atoms with van der Waals surface area (Å²) >= 11 is 0. The zero-order chi connectivity index (χ0) is 12.0. The number of alkyl halides is 5. The first-order chi connectivity index (χ1) is 7.32. The quantitative estimate of drug-likeness (QED) is 0.683. The lowest BCUT2D eigenvalue weighted by molar-refractivity contribution is -0.289. The number of halogens is 5. The van der Waals surface area contributed by atoms with Crippen LogP contribution in [0.5, 0.6) is 0 Å². The molecule has 0 spiro atoms. The molecule has 0 N–H and O–H groups in total. The average Bonchev–Trinajstić information content (AvgIpc) is 2.61. The van der Waals surface area contributed by atoms with Gasteiger partial charge in [0.15, 0.2) is 6.26 Å². The molecule has 1 nitrogen and oxygen atoms in total. The SMILES string of the molecule is FC(F)(F)C(F)(F)c1ccc2c[c]oc2c1. The Labute approximate surface area is 86.5 Å². The third-order valence-corrected chi connectivity index (χ3v) is 2.12. The van der Waals surface area contributed by atoms with Crippen LogP contribution in [0.25, 0.3) is 11.0 Å². The standard InChI is InChI=1S/C10H4F5O/c11-9(12,10(13,14)15)7-2-1-6-3-4-16-8(6)5-7/h1-3,5H. The Bertz CT molecular complexity index is 511. The summed E-state index contributed by atoms with van der Waals surface area (Å²) in [5, 5.41) is 0.418. The monoisotopic (exact) mass is 235 g/mol. The van der Waals surface area contributed by atoms with Gasteiger partial charge in [0, 0.05) is 10.9 Å². The molecule has 0 fully saturated rings. The molecule has 0 aliphatic rings. The van der Waals surface area contributed by atoms with Gasteiger partial charge in [0.2, 0.25) is 0 Å².